The zero-order valence-corrected chi connectivity index (χ0v) is 16.1. The Morgan fingerprint density at radius 2 is 1.80 bits per heavy atom. The lowest BCUT2D eigenvalue weighted by molar-refractivity contribution is -0.122. The minimum Gasteiger partial charge on any atom is -0.481 e. The molecule has 0 aliphatic rings. The van der Waals surface area contributed by atoms with Crippen molar-refractivity contribution in [2.75, 3.05) is 5.32 Å². The van der Waals surface area contributed by atoms with Gasteiger partial charge in [0.2, 0.25) is 5.13 Å². The fraction of sp³-hybridized carbons (Fsp3) is 0.167. The van der Waals surface area contributed by atoms with Crippen LogP contribution in [0.5, 0.6) is 5.75 Å². The summed E-state index contributed by atoms with van der Waals surface area (Å²) in [6.07, 6.45) is -0.645. The number of hydrogen-bond acceptors (Lipinski definition) is 5. The summed E-state index contributed by atoms with van der Waals surface area (Å²) in [5.41, 5.74) is 2.16. The Bertz CT molecular complexity index is 863. The van der Waals surface area contributed by atoms with Crippen molar-refractivity contribution < 1.29 is 9.53 Å². The minimum atomic E-state index is -0.645. The lowest BCUT2D eigenvalue weighted by Gasteiger charge is -2.13. The smallest absolute Gasteiger partial charge is 0.266 e. The number of anilines is 1. The molecule has 7 heteroatoms. The second-order valence-electron chi connectivity index (χ2n) is 5.48. The van der Waals surface area contributed by atoms with Crippen molar-refractivity contribution in [3.8, 4) is 16.3 Å². The van der Waals surface area contributed by atoms with E-state index in [1.54, 1.807) is 19.1 Å². The molecule has 3 aromatic rings. The van der Waals surface area contributed by atoms with Gasteiger partial charge in [-0.1, -0.05) is 57.1 Å². The van der Waals surface area contributed by atoms with Gasteiger partial charge in [0.1, 0.15) is 10.8 Å². The molecule has 0 aliphatic carbocycles. The Morgan fingerprint density at radius 1 is 1.12 bits per heavy atom. The normalized spacial score (nSPS) is 11.8. The number of rotatable bonds is 5. The van der Waals surface area contributed by atoms with E-state index in [1.165, 1.54) is 16.9 Å². The van der Waals surface area contributed by atoms with Gasteiger partial charge < -0.3 is 4.74 Å². The molecule has 5 nitrogen and oxygen atoms in total. The van der Waals surface area contributed by atoms with E-state index in [9.17, 15) is 4.79 Å². The van der Waals surface area contributed by atoms with Crippen LogP contribution in [-0.2, 0) is 4.79 Å². The molecule has 1 heterocycles. The van der Waals surface area contributed by atoms with Gasteiger partial charge >= 0.3 is 0 Å². The topological polar surface area (TPSA) is 64.1 Å². The molecule has 25 heavy (non-hydrogen) atoms. The summed E-state index contributed by atoms with van der Waals surface area (Å²) in [6.45, 7) is 3.72. The first-order valence-corrected chi connectivity index (χ1v) is 9.26. The highest BCUT2D eigenvalue weighted by Crippen LogP contribution is 2.26. The van der Waals surface area contributed by atoms with E-state index in [2.05, 4.69) is 31.4 Å². The van der Waals surface area contributed by atoms with Crippen molar-refractivity contribution in [3.63, 3.8) is 0 Å². The predicted octanol–water partition coefficient (Wildman–Crippen LogP) is 4.68. The summed E-state index contributed by atoms with van der Waals surface area (Å²) in [6, 6.07) is 15.3. The maximum atomic E-state index is 12.3. The van der Waals surface area contributed by atoms with E-state index < -0.39 is 6.10 Å². The number of nitrogens with zero attached hydrogens (tertiary/aromatic N) is 2. The van der Waals surface area contributed by atoms with E-state index in [1.807, 2.05) is 43.3 Å². The molecule has 1 amide bonds. The van der Waals surface area contributed by atoms with E-state index in [0.717, 1.165) is 15.0 Å². The summed E-state index contributed by atoms with van der Waals surface area (Å²) < 4.78 is 6.58. The SMILES string of the molecule is Cc1ccc(-c2nnc(NC(=O)C(C)Oc3ccc(Br)cc3)s2)cc1. The molecular weight excluding hydrogens is 402 g/mol. The molecule has 0 saturated carbocycles. The van der Waals surface area contributed by atoms with Gasteiger partial charge in [-0.2, -0.15) is 0 Å². The molecule has 1 aromatic heterocycles. The molecule has 0 aliphatic heterocycles. The van der Waals surface area contributed by atoms with Crippen LogP contribution in [0.25, 0.3) is 10.6 Å². The van der Waals surface area contributed by atoms with Crippen molar-refractivity contribution >= 4 is 38.3 Å². The van der Waals surface area contributed by atoms with Crippen molar-refractivity contribution in [1.29, 1.82) is 0 Å². The van der Waals surface area contributed by atoms with E-state index >= 15 is 0 Å². The fourth-order valence-electron chi connectivity index (χ4n) is 2.06. The average molecular weight is 418 g/mol. The second-order valence-corrected chi connectivity index (χ2v) is 7.37. The third kappa shape index (κ3) is 4.64. The number of carbonyl (C=O) groups is 1. The Kier molecular flexibility index (Phi) is 5.45. The van der Waals surface area contributed by atoms with E-state index in [4.69, 9.17) is 4.74 Å². The number of amides is 1. The molecular formula is C18H16BrN3O2S. The minimum absolute atomic E-state index is 0.269. The maximum Gasteiger partial charge on any atom is 0.266 e. The summed E-state index contributed by atoms with van der Waals surface area (Å²) >= 11 is 4.69. The fourth-order valence-corrected chi connectivity index (χ4v) is 3.08. The predicted molar refractivity (Wildman–Crippen MR) is 103 cm³/mol. The quantitative estimate of drug-likeness (QED) is 0.654. The first-order valence-electron chi connectivity index (χ1n) is 7.65. The first-order chi connectivity index (χ1) is 12.0. The van der Waals surface area contributed by atoms with Crippen LogP contribution in [-0.4, -0.2) is 22.2 Å². The van der Waals surface area contributed by atoms with E-state index in [-0.39, 0.29) is 5.91 Å². The summed E-state index contributed by atoms with van der Waals surface area (Å²) in [5, 5.41) is 12.1. The largest absolute Gasteiger partial charge is 0.481 e. The zero-order valence-electron chi connectivity index (χ0n) is 13.7. The highest BCUT2D eigenvalue weighted by Gasteiger charge is 2.17. The molecule has 1 atom stereocenters. The zero-order chi connectivity index (χ0) is 17.8. The molecule has 1 unspecified atom stereocenters. The first kappa shape index (κ1) is 17.6. The van der Waals surface area contributed by atoms with E-state index in [0.29, 0.717) is 10.9 Å². The van der Waals surface area contributed by atoms with Crippen LogP contribution >= 0.6 is 27.3 Å². The Hall–Kier alpha value is -2.25. The van der Waals surface area contributed by atoms with Gasteiger partial charge in [0, 0.05) is 10.0 Å². The number of ether oxygens (including phenoxy) is 1. The van der Waals surface area contributed by atoms with Crippen molar-refractivity contribution in [1.82, 2.24) is 10.2 Å². The number of aromatic nitrogens is 2. The van der Waals surface area contributed by atoms with Gasteiger partial charge in [0.25, 0.3) is 5.91 Å². The van der Waals surface area contributed by atoms with Gasteiger partial charge in [0.15, 0.2) is 6.10 Å². The van der Waals surface area contributed by atoms with Crippen molar-refractivity contribution in [2.45, 2.75) is 20.0 Å². The Morgan fingerprint density at radius 3 is 2.48 bits per heavy atom. The lowest BCUT2D eigenvalue weighted by atomic mass is 10.2. The van der Waals surface area contributed by atoms with Gasteiger partial charge in [-0.15, -0.1) is 10.2 Å². The van der Waals surface area contributed by atoms with Gasteiger partial charge in [-0.25, -0.2) is 0 Å². The summed E-state index contributed by atoms with van der Waals surface area (Å²) in [4.78, 5) is 12.3. The lowest BCUT2D eigenvalue weighted by Crippen LogP contribution is -2.30. The molecule has 2 aromatic carbocycles. The molecule has 0 fully saturated rings. The van der Waals surface area contributed by atoms with Crippen LogP contribution in [0.3, 0.4) is 0 Å². The third-order valence-electron chi connectivity index (χ3n) is 3.45. The Labute approximate surface area is 158 Å². The third-order valence-corrected chi connectivity index (χ3v) is 4.87. The van der Waals surface area contributed by atoms with Gasteiger partial charge in [-0.05, 0) is 38.1 Å². The molecule has 0 radical (unpaired) electrons. The highest BCUT2D eigenvalue weighted by molar-refractivity contribution is 9.10. The molecule has 1 N–H and O–H groups in total. The molecule has 0 saturated heterocycles. The van der Waals surface area contributed by atoms with Gasteiger partial charge in [0.05, 0.1) is 0 Å². The monoisotopic (exact) mass is 417 g/mol. The molecule has 0 spiro atoms. The second kappa shape index (κ2) is 7.76. The highest BCUT2D eigenvalue weighted by atomic mass is 79.9. The summed E-state index contributed by atoms with van der Waals surface area (Å²) in [7, 11) is 0. The number of benzene rings is 2. The molecule has 128 valence electrons. The number of nitrogens with one attached hydrogen (secondary N) is 1. The maximum absolute atomic E-state index is 12.3. The average Bonchev–Trinajstić information content (AvgIpc) is 3.06. The molecule has 3 rings (SSSR count). The number of halogens is 1. The van der Waals surface area contributed by atoms with Crippen LogP contribution in [0, 0.1) is 6.92 Å². The molecule has 0 bridgehead atoms. The van der Waals surface area contributed by atoms with Crippen molar-refractivity contribution in [3.05, 3.63) is 58.6 Å². The Balaban J connectivity index is 1.62. The van der Waals surface area contributed by atoms with Crippen LogP contribution in [0.4, 0.5) is 5.13 Å². The van der Waals surface area contributed by atoms with Crippen molar-refractivity contribution in [2.24, 2.45) is 0 Å². The summed E-state index contributed by atoms with van der Waals surface area (Å²) in [5.74, 6) is 0.359. The van der Waals surface area contributed by atoms with Crippen LogP contribution < -0.4 is 10.1 Å². The van der Waals surface area contributed by atoms with Crippen LogP contribution in [0.1, 0.15) is 12.5 Å². The van der Waals surface area contributed by atoms with Crippen LogP contribution in [0.15, 0.2) is 53.0 Å². The van der Waals surface area contributed by atoms with Gasteiger partial charge in [-0.3, -0.25) is 10.1 Å². The standard InChI is InChI=1S/C18H16BrN3O2S/c1-11-3-5-13(6-4-11)17-21-22-18(25-17)20-16(23)12(2)24-15-9-7-14(19)8-10-15/h3-10,12H,1-2H3,(H,20,22,23). The number of aryl methyl sites for hydroxylation is 1. The van der Waals surface area contributed by atoms with Crippen LogP contribution in [0.2, 0.25) is 0 Å². The number of carbonyl (C=O) groups excluding carboxylic acids is 1. The number of hydrogen-bond donors (Lipinski definition) is 1.